The summed E-state index contributed by atoms with van der Waals surface area (Å²) in [6.07, 6.45) is 3.89. The lowest BCUT2D eigenvalue weighted by Crippen LogP contribution is -2.36. The quantitative estimate of drug-likeness (QED) is 0.815. The lowest BCUT2D eigenvalue weighted by atomic mass is 9.96. The second-order valence-corrected chi connectivity index (χ2v) is 8.99. The Kier molecular flexibility index (Phi) is 5.67. The average molecular weight is 324 g/mol. The minimum atomic E-state index is -3.35. The summed E-state index contributed by atoms with van der Waals surface area (Å²) in [6.45, 7) is 9.89. The molecule has 1 aromatic rings. The zero-order valence-electron chi connectivity index (χ0n) is 14.3. The molecule has 22 heavy (non-hydrogen) atoms. The van der Waals surface area contributed by atoms with Gasteiger partial charge in [-0.15, -0.1) is 0 Å². The highest BCUT2D eigenvalue weighted by molar-refractivity contribution is 7.89. The van der Waals surface area contributed by atoms with Gasteiger partial charge in [0.2, 0.25) is 10.0 Å². The molecule has 0 spiro atoms. The molecule has 0 aromatic heterocycles. The van der Waals surface area contributed by atoms with Gasteiger partial charge in [-0.1, -0.05) is 46.2 Å². The summed E-state index contributed by atoms with van der Waals surface area (Å²) in [6, 6.07) is 5.91. The van der Waals surface area contributed by atoms with Gasteiger partial charge in [0, 0.05) is 13.1 Å². The van der Waals surface area contributed by atoms with Crippen LogP contribution in [0.4, 0.5) is 0 Å². The Balaban J connectivity index is 2.43. The van der Waals surface area contributed by atoms with Crippen molar-refractivity contribution in [2.24, 2.45) is 5.92 Å². The molecule has 0 bridgehead atoms. The molecule has 3 nitrogen and oxygen atoms in total. The van der Waals surface area contributed by atoms with Crippen LogP contribution in [0.1, 0.15) is 64.0 Å². The highest BCUT2D eigenvalue weighted by Crippen LogP contribution is 2.28. The molecule has 0 N–H and O–H groups in total. The number of benzene rings is 1. The zero-order valence-corrected chi connectivity index (χ0v) is 15.1. The van der Waals surface area contributed by atoms with Crippen LogP contribution in [0.2, 0.25) is 0 Å². The van der Waals surface area contributed by atoms with Crippen LogP contribution in [0, 0.1) is 5.92 Å². The second-order valence-electron chi connectivity index (χ2n) is 7.08. The van der Waals surface area contributed by atoms with Crippen molar-refractivity contribution in [3.8, 4) is 0 Å². The van der Waals surface area contributed by atoms with Crippen molar-refractivity contribution in [3.05, 3.63) is 29.3 Å². The summed E-state index contributed by atoms with van der Waals surface area (Å²) in [5, 5.41) is 0. The fourth-order valence-electron chi connectivity index (χ4n) is 3.05. The zero-order chi connectivity index (χ0) is 16.3. The van der Waals surface area contributed by atoms with Crippen LogP contribution >= 0.6 is 0 Å². The Morgan fingerprint density at radius 2 is 1.68 bits per heavy atom. The molecular weight excluding hydrogens is 294 g/mol. The molecule has 1 aromatic carbocycles. The molecular formula is C18H29NO2S. The molecule has 1 fully saturated rings. The van der Waals surface area contributed by atoms with E-state index in [1.807, 2.05) is 12.1 Å². The first kappa shape index (κ1) is 17.5. The van der Waals surface area contributed by atoms with Crippen LogP contribution in [0.25, 0.3) is 0 Å². The largest absolute Gasteiger partial charge is 0.243 e. The van der Waals surface area contributed by atoms with Gasteiger partial charge in [-0.25, -0.2) is 8.42 Å². The van der Waals surface area contributed by atoms with Crippen LogP contribution in [0.15, 0.2) is 23.1 Å². The number of sulfonamides is 1. The fraction of sp³-hybridized carbons (Fsp3) is 0.667. The number of hydrogen-bond donors (Lipinski definition) is 0. The predicted molar refractivity (Wildman–Crippen MR) is 91.7 cm³/mol. The van der Waals surface area contributed by atoms with Gasteiger partial charge in [0.25, 0.3) is 0 Å². The van der Waals surface area contributed by atoms with E-state index in [0.29, 0.717) is 29.8 Å². The summed E-state index contributed by atoms with van der Waals surface area (Å²) in [5.74, 6) is 0.857. The van der Waals surface area contributed by atoms with Crippen LogP contribution in [-0.4, -0.2) is 25.8 Å². The third-order valence-electron chi connectivity index (χ3n) is 4.31. The third kappa shape index (κ3) is 3.90. The number of hydrogen-bond acceptors (Lipinski definition) is 2. The molecule has 1 saturated heterocycles. The molecule has 124 valence electrons. The molecule has 0 unspecified atom stereocenters. The van der Waals surface area contributed by atoms with E-state index in [2.05, 4.69) is 33.8 Å². The van der Waals surface area contributed by atoms with Gasteiger partial charge >= 0.3 is 0 Å². The molecule has 4 heteroatoms. The van der Waals surface area contributed by atoms with E-state index < -0.39 is 10.0 Å². The maximum atomic E-state index is 13.0. The standard InChI is InChI=1S/C18H29NO2S/c1-14(2)12-17-13-16(15(3)4)8-9-18(17)22(20,21)19-10-6-5-7-11-19/h8-9,13-15H,5-7,10-12H2,1-4H3. The molecule has 1 aliphatic heterocycles. The predicted octanol–water partition coefficient (Wildman–Crippen LogP) is 4.18. The van der Waals surface area contributed by atoms with Crippen molar-refractivity contribution in [1.29, 1.82) is 0 Å². The molecule has 0 aliphatic carbocycles. The van der Waals surface area contributed by atoms with E-state index in [4.69, 9.17) is 0 Å². The Morgan fingerprint density at radius 1 is 1.05 bits per heavy atom. The molecule has 1 heterocycles. The van der Waals surface area contributed by atoms with Crippen molar-refractivity contribution in [3.63, 3.8) is 0 Å². The number of piperidine rings is 1. The normalized spacial score (nSPS) is 17.4. The van der Waals surface area contributed by atoms with Crippen LogP contribution in [0.5, 0.6) is 0 Å². The number of nitrogens with zero attached hydrogens (tertiary/aromatic N) is 1. The van der Waals surface area contributed by atoms with E-state index in [1.54, 1.807) is 4.31 Å². The molecule has 0 saturated carbocycles. The Labute approximate surface area is 135 Å². The van der Waals surface area contributed by atoms with E-state index in [0.717, 1.165) is 31.2 Å². The van der Waals surface area contributed by atoms with Gasteiger partial charge in [-0.05, 0) is 48.3 Å². The Bertz CT molecular complexity index is 600. The van der Waals surface area contributed by atoms with Crippen molar-refractivity contribution in [2.45, 2.75) is 64.2 Å². The maximum Gasteiger partial charge on any atom is 0.243 e. The van der Waals surface area contributed by atoms with E-state index >= 15 is 0 Å². The number of rotatable bonds is 5. The smallest absolute Gasteiger partial charge is 0.207 e. The Morgan fingerprint density at radius 3 is 2.23 bits per heavy atom. The maximum absolute atomic E-state index is 13.0. The molecule has 0 radical (unpaired) electrons. The van der Waals surface area contributed by atoms with Gasteiger partial charge in [0.1, 0.15) is 0 Å². The SMILES string of the molecule is CC(C)Cc1cc(C(C)C)ccc1S(=O)(=O)N1CCCCC1. The minimum absolute atomic E-state index is 0.414. The summed E-state index contributed by atoms with van der Waals surface area (Å²) >= 11 is 0. The van der Waals surface area contributed by atoms with Crippen molar-refractivity contribution < 1.29 is 8.42 Å². The lowest BCUT2D eigenvalue weighted by molar-refractivity contribution is 0.346. The van der Waals surface area contributed by atoms with Crippen LogP contribution in [-0.2, 0) is 16.4 Å². The summed E-state index contributed by atoms with van der Waals surface area (Å²) in [7, 11) is -3.35. The summed E-state index contributed by atoms with van der Waals surface area (Å²) in [5.41, 5.74) is 2.19. The highest BCUT2D eigenvalue weighted by atomic mass is 32.2. The molecule has 0 amide bonds. The fourth-order valence-corrected chi connectivity index (χ4v) is 4.78. The van der Waals surface area contributed by atoms with E-state index in [1.165, 1.54) is 5.56 Å². The van der Waals surface area contributed by atoms with Crippen LogP contribution in [0.3, 0.4) is 0 Å². The molecule has 2 rings (SSSR count). The topological polar surface area (TPSA) is 37.4 Å². The lowest BCUT2D eigenvalue weighted by Gasteiger charge is -2.27. The van der Waals surface area contributed by atoms with Gasteiger partial charge < -0.3 is 0 Å². The highest BCUT2D eigenvalue weighted by Gasteiger charge is 2.28. The van der Waals surface area contributed by atoms with Gasteiger partial charge in [0.15, 0.2) is 0 Å². The van der Waals surface area contributed by atoms with Gasteiger partial charge in [-0.2, -0.15) is 4.31 Å². The first-order valence-electron chi connectivity index (χ1n) is 8.45. The average Bonchev–Trinajstić information content (AvgIpc) is 2.47. The molecule has 1 aliphatic rings. The van der Waals surface area contributed by atoms with Crippen molar-refractivity contribution in [1.82, 2.24) is 4.31 Å². The summed E-state index contributed by atoms with van der Waals surface area (Å²) in [4.78, 5) is 0.521. The summed E-state index contributed by atoms with van der Waals surface area (Å²) < 4.78 is 27.7. The monoisotopic (exact) mass is 323 g/mol. The second kappa shape index (κ2) is 7.14. The van der Waals surface area contributed by atoms with Crippen molar-refractivity contribution >= 4 is 10.0 Å². The third-order valence-corrected chi connectivity index (χ3v) is 6.31. The van der Waals surface area contributed by atoms with Crippen LogP contribution < -0.4 is 0 Å². The first-order valence-corrected chi connectivity index (χ1v) is 9.89. The Hall–Kier alpha value is -0.870. The minimum Gasteiger partial charge on any atom is -0.207 e. The van der Waals surface area contributed by atoms with E-state index in [9.17, 15) is 8.42 Å². The molecule has 0 atom stereocenters. The van der Waals surface area contributed by atoms with E-state index in [-0.39, 0.29) is 0 Å². The van der Waals surface area contributed by atoms with Crippen molar-refractivity contribution in [2.75, 3.05) is 13.1 Å². The van der Waals surface area contributed by atoms with Gasteiger partial charge in [-0.3, -0.25) is 0 Å². The van der Waals surface area contributed by atoms with Gasteiger partial charge in [0.05, 0.1) is 4.90 Å². The first-order chi connectivity index (χ1) is 10.3.